The molecule has 2 N–H and O–H groups in total. The molecule has 0 aliphatic heterocycles. The van der Waals surface area contributed by atoms with Gasteiger partial charge in [0.2, 0.25) is 5.91 Å². The topological polar surface area (TPSA) is 67.4 Å². The molecule has 0 aliphatic carbocycles. The van der Waals surface area contributed by atoms with Crippen molar-refractivity contribution < 1.29 is 14.3 Å². The molecule has 0 aromatic heterocycles. The van der Waals surface area contributed by atoms with Gasteiger partial charge in [0.1, 0.15) is 5.60 Å². The normalized spacial score (nSPS) is 10.3. The number of carbonyl (C=O) groups is 2. The minimum absolute atomic E-state index is 0.0525. The zero-order valence-electron chi connectivity index (χ0n) is 13.7. The second-order valence-corrected chi connectivity index (χ2v) is 5.77. The molecule has 0 aliphatic rings. The quantitative estimate of drug-likeness (QED) is 0.534. The van der Waals surface area contributed by atoms with Crippen LogP contribution in [-0.2, 0) is 9.53 Å². The Hall–Kier alpha value is -1.70. The predicted octanol–water partition coefficient (Wildman–Crippen LogP) is 2.60. The molecule has 0 radical (unpaired) electrons. The zero-order chi connectivity index (χ0) is 16.1. The van der Waals surface area contributed by atoms with Crippen LogP contribution in [0.25, 0.3) is 0 Å². The summed E-state index contributed by atoms with van der Waals surface area (Å²) in [6.45, 7) is 8.32. The third-order valence-electron chi connectivity index (χ3n) is 2.48. The predicted molar refractivity (Wildman–Crippen MR) is 83.8 cm³/mol. The molecule has 0 aromatic rings. The highest BCUT2D eigenvalue weighted by molar-refractivity contribution is 5.75. The summed E-state index contributed by atoms with van der Waals surface area (Å²) in [6.07, 6.45) is 3.46. The number of nitrogens with one attached hydrogen (secondary N) is 2. The van der Waals surface area contributed by atoms with Crippen LogP contribution in [0.5, 0.6) is 0 Å². The van der Waals surface area contributed by atoms with Crippen molar-refractivity contribution in [1.82, 2.24) is 10.6 Å². The molecule has 2 amide bonds. The largest absolute Gasteiger partial charge is 0.444 e. The van der Waals surface area contributed by atoms with E-state index in [2.05, 4.69) is 22.5 Å². The number of rotatable bonds is 8. The van der Waals surface area contributed by atoms with Crippen LogP contribution in [0.15, 0.2) is 0 Å². The average molecular weight is 296 g/mol. The number of alkyl carbamates (subject to hydrolysis) is 1. The van der Waals surface area contributed by atoms with Crippen molar-refractivity contribution in [3.05, 3.63) is 0 Å². The van der Waals surface area contributed by atoms with Crippen molar-refractivity contribution >= 4 is 12.0 Å². The van der Waals surface area contributed by atoms with Gasteiger partial charge in [-0.2, -0.15) is 0 Å². The van der Waals surface area contributed by atoms with E-state index in [9.17, 15) is 9.59 Å². The van der Waals surface area contributed by atoms with Crippen LogP contribution in [0.4, 0.5) is 4.79 Å². The molecule has 0 rings (SSSR count). The van der Waals surface area contributed by atoms with Gasteiger partial charge < -0.3 is 15.4 Å². The van der Waals surface area contributed by atoms with E-state index < -0.39 is 11.7 Å². The molecular weight excluding hydrogens is 268 g/mol. The van der Waals surface area contributed by atoms with Gasteiger partial charge >= 0.3 is 6.09 Å². The van der Waals surface area contributed by atoms with E-state index >= 15 is 0 Å². The fraction of sp³-hybridized carbons (Fsp3) is 0.750. The van der Waals surface area contributed by atoms with E-state index in [1.165, 1.54) is 0 Å². The highest BCUT2D eigenvalue weighted by Gasteiger charge is 2.15. The average Bonchev–Trinajstić information content (AvgIpc) is 2.36. The van der Waals surface area contributed by atoms with Crippen LogP contribution in [0.2, 0.25) is 0 Å². The first-order chi connectivity index (χ1) is 9.85. The summed E-state index contributed by atoms with van der Waals surface area (Å²) in [7, 11) is 0. The Morgan fingerprint density at radius 2 is 1.71 bits per heavy atom. The van der Waals surface area contributed by atoms with Crippen LogP contribution >= 0.6 is 0 Å². The van der Waals surface area contributed by atoms with E-state index in [4.69, 9.17) is 4.74 Å². The van der Waals surface area contributed by atoms with Gasteiger partial charge in [-0.1, -0.05) is 0 Å². The Morgan fingerprint density at radius 3 is 2.33 bits per heavy atom. The van der Waals surface area contributed by atoms with Gasteiger partial charge in [-0.15, -0.1) is 11.8 Å². The molecule has 0 atom stereocenters. The lowest BCUT2D eigenvalue weighted by atomic mass is 10.2. The van der Waals surface area contributed by atoms with Crippen LogP contribution in [-0.4, -0.2) is 30.7 Å². The lowest BCUT2D eigenvalue weighted by Crippen LogP contribution is -2.34. The zero-order valence-corrected chi connectivity index (χ0v) is 13.7. The fourth-order valence-electron chi connectivity index (χ4n) is 1.53. The Kier molecular flexibility index (Phi) is 10.1. The lowest BCUT2D eigenvalue weighted by molar-refractivity contribution is -0.121. The molecule has 5 heteroatoms. The summed E-state index contributed by atoms with van der Waals surface area (Å²) >= 11 is 0. The van der Waals surface area contributed by atoms with Crippen molar-refractivity contribution in [2.24, 2.45) is 0 Å². The highest BCUT2D eigenvalue weighted by atomic mass is 16.6. The van der Waals surface area contributed by atoms with Crippen molar-refractivity contribution in [2.45, 2.75) is 65.4 Å². The number of hydrogen-bond acceptors (Lipinski definition) is 3. The summed E-state index contributed by atoms with van der Waals surface area (Å²) in [5, 5.41) is 5.48. The maximum absolute atomic E-state index is 11.5. The van der Waals surface area contributed by atoms with Crippen molar-refractivity contribution in [2.75, 3.05) is 13.1 Å². The minimum atomic E-state index is -0.486. The number of ether oxygens (including phenoxy) is 1. The van der Waals surface area contributed by atoms with E-state index in [0.29, 0.717) is 25.9 Å². The number of amides is 2. The molecule has 0 heterocycles. The molecule has 120 valence electrons. The number of hydrogen-bond donors (Lipinski definition) is 2. The van der Waals surface area contributed by atoms with Crippen molar-refractivity contribution in [1.29, 1.82) is 0 Å². The maximum atomic E-state index is 11.5. The smallest absolute Gasteiger partial charge is 0.407 e. The first-order valence-corrected chi connectivity index (χ1v) is 7.48. The number of carbonyl (C=O) groups excluding carboxylic acids is 2. The van der Waals surface area contributed by atoms with E-state index in [0.717, 1.165) is 19.3 Å². The molecule has 0 aromatic carbocycles. The highest BCUT2D eigenvalue weighted by Crippen LogP contribution is 2.06. The van der Waals surface area contributed by atoms with Crippen LogP contribution in [0.1, 0.15) is 59.8 Å². The summed E-state index contributed by atoms with van der Waals surface area (Å²) in [5.74, 6) is 5.86. The van der Waals surface area contributed by atoms with Gasteiger partial charge in [-0.05, 0) is 47.0 Å². The summed E-state index contributed by atoms with van der Waals surface area (Å²) < 4.78 is 5.10. The van der Waals surface area contributed by atoms with E-state index in [-0.39, 0.29) is 5.91 Å². The Bertz CT molecular complexity index is 375. The summed E-state index contributed by atoms with van der Waals surface area (Å²) in [5.41, 5.74) is -0.486. The van der Waals surface area contributed by atoms with Crippen LogP contribution in [0.3, 0.4) is 0 Å². The minimum Gasteiger partial charge on any atom is -0.444 e. The maximum Gasteiger partial charge on any atom is 0.407 e. The molecule has 0 bridgehead atoms. The molecular formula is C16H28N2O3. The summed E-state index contributed by atoms with van der Waals surface area (Å²) in [4.78, 5) is 22.9. The standard InChI is InChI=1S/C16H28N2O3/c1-5-6-7-8-9-11-14(19)17-12-10-13-18-15(20)21-16(2,3)4/h7-13H2,1-4H3,(H,17,19)(H,18,20). The SMILES string of the molecule is CC#CCCCCC(=O)NCCCNC(=O)OC(C)(C)C. The first kappa shape index (κ1) is 19.3. The van der Waals surface area contributed by atoms with Gasteiger partial charge in [0, 0.05) is 25.9 Å². The fourth-order valence-corrected chi connectivity index (χ4v) is 1.53. The lowest BCUT2D eigenvalue weighted by Gasteiger charge is -2.19. The molecule has 5 nitrogen and oxygen atoms in total. The van der Waals surface area contributed by atoms with Gasteiger partial charge in [-0.3, -0.25) is 4.79 Å². The van der Waals surface area contributed by atoms with Crippen molar-refractivity contribution in [3.8, 4) is 11.8 Å². The molecule has 0 spiro atoms. The van der Waals surface area contributed by atoms with Gasteiger partial charge in [0.15, 0.2) is 0 Å². The van der Waals surface area contributed by atoms with Crippen LogP contribution < -0.4 is 10.6 Å². The monoisotopic (exact) mass is 296 g/mol. The van der Waals surface area contributed by atoms with E-state index in [1.54, 1.807) is 0 Å². The Labute approximate surface area is 128 Å². The third kappa shape index (κ3) is 14.5. The molecule has 0 unspecified atom stereocenters. The second-order valence-electron chi connectivity index (χ2n) is 5.77. The third-order valence-corrected chi connectivity index (χ3v) is 2.48. The molecule has 0 saturated carbocycles. The van der Waals surface area contributed by atoms with Gasteiger partial charge in [-0.25, -0.2) is 4.79 Å². The van der Waals surface area contributed by atoms with Crippen molar-refractivity contribution in [3.63, 3.8) is 0 Å². The molecule has 0 saturated heterocycles. The molecule has 21 heavy (non-hydrogen) atoms. The second kappa shape index (κ2) is 11.0. The Morgan fingerprint density at radius 1 is 1.05 bits per heavy atom. The van der Waals surface area contributed by atoms with Gasteiger partial charge in [0.05, 0.1) is 0 Å². The molecule has 0 fully saturated rings. The van der Waals surface area contributed by atoms with E-state index in [1.807, 2.05) is 27.7 Å². The number of unbranched alkanes of at least 4 members (excludes halogenated alkanes) is 2. The Balaban J connectivity index is 3.47. The van der Waals surface area contributed by atoms with Gasteiger partial charge in [0.25, 0.3) is 0 Å². The first-order valence-electron chi connectivity index (χ1n) is 7.48. The van der Waals surface area contributed by atoms with Crippen LogP contribution in [0, 0.1) is 11.8 Å². The summed E-state index contributed by atoms with van der Waals surface area (Å²) in [6, 6.07) is 0.